The molecular formula is C21H19N3. The Morgan fingerprint density at radius 1 is 0.875 bits per heavy atom. The van der Waals surface area contributed by atoms with E-state index in [1.807, 2.05) is 43.3 Å². The van der Waals surface area contributed by atoms with Gasteiger partial charge >= 0.3 is 0 Å². The van der Waals surface area contributed by atoms with Gasteiger partial charge in [-0.1, -0.05) is 42.0 Å². The summed E-state index contributed by atoms with van der Waals surface area (Å²) in [6.45, 7) is 6.19. The minimum Gasteiger partial charge on any atom is -0.383 e. The summed E-state index contributed by atoms with van der Waals surface area (Å²) in [4.78, 5) is 4.44. The van der Waals surface area contributed by atoms with Crippen LogP contribution in [0.2, 0.25) is 0 Å². The summed E-state index contributed by atoms with van der Waals surface area (Å²) < 4.78 is 0. The minimum atomic E-state index is 0.267. The molecule has 0 radical (unpaired) electrons. The molecule has 2 N–H and O–H groups in total. The van der Waals surface area contributed by atoms with Crippen molar-refractivity contribution in [3.8, 4) is 28.5 Å². The first-order valence-corrected chi connectivity index (χ1v) is 7.85. The summed E-state index contributed by atoms with van der Waals surface area (Å²) in [5.41, 5.74) is 13.7. The molecule has 0 spiro atoms. The second-order valence-corrected chi connectivity index (χ2v) is 6.09. The average molecular weight is 313 g/mol. The molecule has 1 heterocycles. The topological polar surface area (TPSA) is 62.7 Å². The van der Waals surface area contributed by atoms with Crippen LogP contribution in [-0.2, 0) is 0 Å². The molecule has 0 saturated heterocycles. The van der Waals surface area contributed by atoms with Gasteiger partial charge in [0, 0.05) is 11.1 Å². The summed E-state index contributed by atoms with van der Waals surface area (Å²) in [5, 5.41) is 9.49. The van der Waals surface area contributed by atoms with Crippen molar-refractivity contribution >= 4 is 5.82 Å². The first-order valence-electron chi connectivity index (χ1n) is 7.85. The van der Waals surface area contributed by atoms with Crippen molar-refractivity contribution < 1.29 is 0 Å². The molecule has 3 rings (SSSR count). The highest BCUT2D eigenvalue weighted by atomic mass is 14.8. The van der Waals surface area contributed by atoms with E-state index in [4.69, 9.17) is 5.73 Å². The highest BCUT2D eigenvalue weighted by molar-refractivity contribution is 5.80. The van der Waals surface area contributed by atoms with Crippen LogP contribution in [0.3, 0.4) is 0 Å². The molecule has 118 valence electrons. The van der Waals surface area contributed by atoms with Gasteiger partial charge in [-0.2, -0.15) is 5.26 Å². The number of nitrogen functional groups attached to an aromatic ring is 1. The zero-order valence-corrected chi connectivity index (χ0v) is 14.1. The zero-order chi connectivity index (χ0) is 17.3. The van der Waals surface area contributed by atoms with Crippen LogP contribution in [0.15, 0.2) is 48.5 Å². The number of rotatable bonds is 2. The lowest BCUT2D eigenvalue weighted by molar-refractivity contribution is 1.29. The van der Waals surface area contributed by atoms with Crippen LogP contribution in [0.4, 0.5) is 5.82 Å². The Bertz CT molecular complexity index is 948. The zero-order valence-electron chi connectivity index (χ0n) is 14.1. The molecule has 0 aliphatic rings. The van der Waals surface area contributed by atoms with Crippen molar-refractivity contribution in [3.05, 3.63) is 70.8 Å². The summed E-state index contributed by atoms with van der Waals surface area (Å²) in [6.07, 6.45) is 0. The number of aromatic nitrogens is 1. The van der Waals surface area contributed by atoms with Gasteiger partial charge in [-0.3, -0.25) is 0 Å². The normalized spacial score (nSPS) is 10.4. The maximum atomic E-state index is 9.49. The van der Waals surface area contributed by atoms with Gasteiger partial charge in [0.1, 0.15) is 17.5 Å². The molecule has 3 aromatic rings. The number of aryl methyl sites for hydroxylation is 3. The molecule has 24 heavy (non-hydrogen) atoms. The van der Waals surface area contributed by atoms with Crippen molar-refractivity contribution in [1.82, 2.24) is 4.98 Å². The lowest BCUT2D eigenvalue weighted by Crippen LogP contribution is -2.00. The van der Waals surface area contributed by atoms with E-state index in [2.05, 4.69) is 37.0 Å². The quantitative estimate of drug-likeness (QED) is 0.739. The molecule has 0 amide bonds. The van der Waals surface area contributed by atoms with Crippen LogP contribution in [0, 0.1) is 32.1 Å². The molecule has 0 fully saturated rings. The first-order chi connectivity index (χ1) is 11.5. The molecule has 3 heteroatoms. The Hall–Kier alpha value is -3.12. The Morgan fingerprint density at radius 3 is 2.17 bits per heavy atom. The number of hydrogen-bond donors (Lipinski definition) is 1. The van der Waals surface area contributed by atoms with Gasteiger partial charge in [0.2, 0.25) is 0 Å². The van der Waals surface area contributed by atoms with Crippen molar-refractivity contribution in [2.24, 2.45) is 0 Å². The predicted octanol–water partition coefficient (Wildman–Crippen LogP) is 4.79. The summed E-state index contributed by atoms with van der Waals surface area (Å²) in [5.74, 6) is 0.267. The molecule has 1 aromatic heterocycles. The molecule has 0 atom stereocenters. The van der Waals surface area contributed by atoms with E-state index < -0.39 is 0 Å². The number of pyridine rings is 1. The van der Waals surface area contributed by atoms with E-state index in [0.29, 0.717) is 5.56 Å². The van der Waals surface area contributed by atoms with E-state index in [9.17, 15) is 5.26 Å². The fraction of sp³-hybridized carbons (Fsp3) is 0.143. The Morgan fingerprint density at radius 2 is 1.54 bits per heavy atom. The standard InChI is InChI=1S/C21H19N3/c1-13-4-7-16(8-5-13)18-11-20(24-21(23)19(18)12-22)17-9-6-14(2)15(3)10-17/h4-11H,1-3H3,(H2,23,24). The van der Waals surface area contributed by atoms with Gasteiger partial charge in [0.15, 0.2) is 0 Å². The van der Waals surface area contributed by atoms with E-state index in [1.54, 1.807) is 0 Å². The fourth-order valence-corrected chi connectivity index (χ4v) is 2.69. The Labute approximate surface area is 142 Å². The van der Waals surface area contributed by atoms with Crippen LogP contribution in [0.25, 0.3) is 22.4 Å². The smallest absolute Gasteiger partial charge is 0.142 e. The second-order valence-electron chi connectivity index (χ2n) is 6.09. The number of nitrogens with zero attached hydrogens (tertiary/aromatic N) is 2. The van der Waals surface area contributed by atoms with Crippen LogP contribution < -0.4 is 5.73 Å². The van der Waals surface area contributed by atoms with Crippen LogP contribution >= 0.6 is 0 Å². The molecule has 0 bridgehead atoms. The van der Waals surface area contributed by atoms with Crippen LogP contribution in [0.1, 0.15) is 22.3 Å². The van der Waals surface area contributed by atoms with E-state index in [-0.39, 0.29) is 5.82 Å². The number of anilines is 1. The lowest BCUT2D eigenvalue weighted by atomic mass is 9.97. The van der Waals surface area contributed by atoms with Crippen LogP contribution in [-0.4, -0.2) is 4.98 Å². The third-order valence-electron chi connectivity index (χ3n) is 4.32. The maximum absolute atomic E-state index is 9.49. The third kappa shape index (κ3) is 2.87. The number of nitrogens with two attached hydrogens (primary N) is 1. The van der Waals surface area contributed by atoms with Crippen LogP contribution in [0.5, 0.6) is 0 Å². The van der Waals surface area contributed by atoms with Gasteiger partial charge < -0.3 is 5.73 Å². The summed E-state index contributed by atoms with van der Waals surface area (Å²) in [7, 11) is 0. The largest absolute Gasteiger partial charge is 0.383 e. The molecule has 0 saturated carbocycles. The Balaban J connectivity index is 2.21. The maximum Gasteiger partial charge on any atom is 0.142 e. The molecular weight excluding hydrogens is 294 g/mol. The van der Waals surface area contributed by atoms with E-state index in [0.717, 1.165) is 22.4 Å². The number of hydrogen-bond acceptors (Lipinski definition) is 3. The van der Waals surface area contributed by atoms with Crippen molar-refractivity contribution in [2.45, 2.75) is 20.8 Å². The molecule has 0 aliphatic heterocycles. The van der Waals surface area contributed by atoms with E-state index in [1.165, 1.54) is 16.7 Å². The average Bonchev–Trinajstić information content (AvgIpc) is 2.57. The second kappa shape index (κ2) is 6.17. The molecule has 0 unspecified atom stereocenters. The van der Waals surface area contributed by atoms with Crippen molar-refractivity contribution in [3.63, 3.8) is 0 Å². The number of benzene rings is 2. The number of nitriles is 1. The van der Waals surface area contributed by atoms with E-state index >= 15 is 0 Å². The van der Waals surface area contributed by atoms with Crippen molar-refractivity contribution in [1.29, 1.82) is 5.26 Å². The SMILES string of the molecule is Cc1ccc(-c2cc(-c3ccc(C)c(C)c3)nc(N)c2C#N)cc1. The lowest BCUT2D eigenvalue weighted by Gasteiger charge is -2.11. The van der Waals surface area contributed by atoms with Gasteiger partial charge in [0.25, 0.3) is 0 Å². The van der Waals surface area contributed by atoms with Gasteiger partial charge in [-0.15, -0.1) is 0 Å². The summed E-state index contributed by atoms with van der Waals surface area (Å²) >= 11 is 0. The van der Waals surface area contributed by atoms with Gasteiger partial charge in [0.05, 0.1) is 5.69 Å². The van der Waals surface area contributed by atoms with Crippen molar-refractivity contribution in [2.75, 3.05) is 5.73 Å². The monoisotopic (exact) mass is 313 g/mol. The van der Waals surface area contributed by atoms with Gasteiger partial charge in [-0.25, -0.2) is 4.98 Å². The third-order valence-corrected chi connectivity index (χ3v) is 4.32. The van der Waals surface area contributed by atoms with Gasteiger partial charge in [-0.05, 0) is 49.6 Å². The molecule has 0 aliphatic carbocycles. The highest BCUT2D eigenvalue weighted by Gasteiger charge is 2.13. The summed E-state index contributed by atoms with van der Waals surface area (Å²) in [6, 6.07) is 18.4. The predicted molar refractivity (Wildman–Crippen MR) is 98.4 cm³/mol. The minimum absolute atomic E-state index is 0.267. The molecule has 3 nitrogen and oxygen atoms in total. The first kappa shape index (κ1) is 15.8. The molecule has 2 aromatic carbocycles. The highest BCUT2D eigenvalue weighted by Crippen LogP contribution is 2.31. The Kier molecular flexibility index (Phi) is 4.05. The fourth-order valence-electron chi connectivity index (χ4n) is 2.69.